The molecule has 2 heterocycles. The first-order chi connectivity index (χ1) is 14.9. The van der Waals surface area contributed by atoms with E-state index in [1.165, 1.54) is 0 Å². The van der Waals surface area contributed by atoms with Crippen molar-refractivity contribution in [2.45, 2.75) is 45.7 Å². The van der Waals surface area contributed by atoms with Crippen molar-refractivity contribution in [2.24, 2.45) is 0 Å². The van der Waals surface area contributed by atoms with E-state index < -0.39 is 0 Å². The van der Waals surface area contributed by atoms with Crippen molar-refractivity contribution in [3.05, 3.63) is 53.9 Å². The van der Waals surface area contributed by atoms with Gasteiger partial charge in [-0.25, -0.2) is 4.98 Å². The molecule has 0 bridgehead atoms. The molecule has 31 heavy (non-hydrogen) atoms. The predicted octanol–water partition coefficient (Wildman–Crippen LogP) is 4.29. The van der Waals surface area contributed by atoms with Crippen LogP contribution in [0.1, 0.15) is 42.9 Å². The van der Waals surface area contributed by atoms with Gasteiger partial charge in [-0.15, -0.1) is 0 Å². The Morgan fingerprint density at radius 1 is 1.16 bits per heavy atom. The SMILES string of the molecule is COc1cc(-n2c(C)nc3ccccc32)ccc1C(=O)N(C)C1CCN(C(C)C)CC1. The number of piperidine rings is 1. The van der Waals surface area contributed by atoms with Gasteiger partial charge in [-0.3, -0.25) is 9.36 Å². The van der Waals surface area contributed by atoms with Gasteiger partial charge in [0.15, 0.2) is 0 Å². The Morgan fingerprint density at radius 2 is 1.87 bits per heavy atom. The number of para-hydroxylation sites is 2. The van der Waals surface area contributed by atoms with Crippen molar-refractivity contribution in [1.82, 2.24) is 19.4 Å². The highest BCUT2D eigenvalue weighted by atomic mass is 16.5. The Balaban J connectivity index is 1.60. The number of hydrogen-bond acceptors (Lipinski definition) is 4. The zero-order valence-electron chi connectivity index (χ0n) is 19.1. The van der Waals surface area contributed by atoms with Crippen molar-refractivity contribution < 1.29 is 9.53 Å². The van der Waals surface area contributed by atoms with Crippen molar-refractivity contribution in [2.75, 3.05) is 27.2 Å². The van der Waals surface area contributed by atoms with Crippen LogP contribution >= 0.6 is 0 Å². The molecule has 164 valence electrons. The zero-order valence-corrected chi connectivity index (χ0v) is 19.1. The second kappa shape index (κ2) is 8.71. The standard InChI is InChI=1S/C25H32N4O2/c1-17(2)28-14-12-19(13-15-28)27(4)25(30)21-11-10-20(16-24(21)31-5)29-18(3)26-22-8-6-7-9-23(22)29/h6-11,16-17,19H,12-15H2,1-5H3. The fourth-order valence-electron chi connectivity index (χ4n) is 4.61. The summed E-state index contributed by atoms with van der Waals surface area (Å²) in [5, 5.41) is 0. The van der Waals surface area contributed by atoms with Crippen LogP contribution in [0.5, 0.6) is 5.75 Å². The van der Waals surface area contributed by atoms with Crippen LogP contribution in [-0.2, 0) is 0 Å². The number of likely N-dealkylation sites (tertiary alicyclic amines) is 1. The maximum Gasteiger partial charge on any atom is 0.257 e. The first-order valence-electron chi connectivity index (χ1n) is 11.0. The number of carbonyl (C=O) groups excluding carboxylic acids is 1. The molecule has 1 aliphatic rings. The third kappa shape index (κ3) is 4.04. The molecule has 1 aliphatic heterocycles. The molecular formula is C25H32N4O2. The van der Waals surface area contributed by atoms with E-state index in [4.69, 9.17) is 4.74 Å². The summed E-state index contributed by atoms with van der Waals surface area (Å²) in [5.41, 5.74) is 3.52. The summed E-state index contributed by atoms with van der Waals surface area (Å²) in [4.78, 5) is 22.4. The van der Waals surface area contributed by atoms with E-state index in [1.807, 2.05) is 55.3 Å². The number of nitrogens with zero attached hydrogens (tertiary/aromatic N) is 4. The molecule has 6 heteroatoms. The number of rotatable bonds is 5. The van der Waals surface area contributed by atoms with E-state index in [-0.39, 0.29) is 11.9 Å². The molecule has 0 saturated carbocycles. The molecule has 4 rings (SSSR count). The smallest absolute Gasteiger partial charge is 0.257 e. The van der Waals surface area contributed by atoms with Crippen molar-refractivity contribution >= 4 is 16.9 Å². The first kappa shape index (κ1) is 21.4. The Morgan fingerprint density at radius 3 is 2.55 bits per heavy atom. The van der Waals surface area contributed by atoms with Gasteiger partial charge in [-0.1, -0.05) is 12.1 Å². The van der Waals surface area contributed by atoms with Crippen LogP contribution in [0.25, 0.3) is 16.7 Å². The van der Waals surface area contributed by atoms with E-state index >= 15 is 0 Å². The van der Waals surface area contributed by atoms with Crippen LogP contribution < -0.4 is 4.74 Å². The average molecular weight is 421 g/mol. The molecule has 1 aromatic heterocycles. The number of carbonyl (C=O) groups is 1. The normalized spacial score (nSPS) is 15.5. The summed E-state index contributed by atoms with van der Waals surface area (Å²) < 4.78 is 7.75. The van der Waals surface area contributed by atoms with E-state index in [1.54, 1.807) is 7.11 Å². The lowest BCUT2D eigenvalue weighted by molar-refractivity contribution is 0.0612. The molecule has 0 atom stereocenters. The average Bonchev–Trinajstić information content (AvgIpc) is 3.13. The van der Waals surface area contributed by atoms with Gasteiger partial charge < -0.3 is 14.5 Å². The highest BCUT2D eigenvalue weighted by Gasteiger charge is 2.28. The maximum absolute atomic E-state index is 13.3. The minimum Gasteiger partial charge on any atom is -0.496 e. The van der Waals surface area contributed by atoms with Crippen LogP contribution in [-0.4, -0.2) is 64.6 Å². The largest absolute Gasteiger partial charge is 0.496 e. The topological polar surface area (TPSA) is 50.6 Å². The molecule has 0 spiro atoms. The summed E-state index contributed by atoms with van der Waals surface area (Å²) in [7, 11) is 3.54. The summed E-state index contributed by atoms with van der Waals surface area (Å²) in [5.74, 6) is 1.50. The van der Waals surface area contributed by atoms with Crippen LogP contribution in [0.2, 0.25) is 0 Å². The number of methoxy groups -OCH3 is 1. The molecule has 6 nitrogen and oxygen atoms in total. The summed E-state index contributed by atoms with van der Waals surface area (Å²) >= 11 is 0. The molecular weight excluding hydrogens is 388 g/mol. The fraction of sp³-hybridized carbons (Fsp3) is 0.440. The Labute approximate surface area is 184 Å². The van der Waals surface area contributed by atoms with Gasteiger partial charge in [0.05, 0.1) is 29.4 Å². The van der Waals surface area contributed by atoms with Gasteiger partial charge in [0, 0.05) is 38.3 Å². The molecule has 3 aromatic rings. The van der Waals surface area contributed by atoms with Gasteiger partial charge in [0.25, 0.3) is 5.91 Å². The Bertz CT molecular complexity index is 1080. The lowest BCUT2D eigenvalue weighted by Gasteiger charge is -2.38. The van der Waals surface area contributed by atoms with Gasteiger partial charge in [-0.2, -0.15) is 0 Å². The summed E-state index contributed by atoms with van der Waals surface area (Å²) in [6.07, 6.45) is 2.00. The third-order valence-corrected chi connectivity index (χ3v) is 6.50. The van der Waals surface area contributed by atoms with Gasteiger partial charge in [0.2, 0.25) is 0 Å². The highest BCUT2D eigenvalue weighted by molar-refractivity contribution is 5.97. The monoisotopic (exact) mass is 420 g/mol. The molecule has 1 amide bonds. The Kier molecular flexibility index (Phi) is 6.01. The fourth-order valence-corrected chi connectivity index (χ4v) is 4.61. The molecule has 1 saturated heterocycles. The number of fused-ring (bicyclic) bond motifs is 1. The van der Waals surface area contributed by atoms with Crippen LogP contribution in [0.3, 0.4) is 0 Å². The Hall–Kier alpha value is -2.86. The summed E-state index contributed by atoms with van der Waals surface area (Å²) in [6, 6.07) is 14.7. The maximum atomic E-state index is 13.3. The molecule has 1 fully saturated rings. The lowest BCUT2D eigenvalue weighted by atomic mass is 10.0. The van der Waals surface area contributed by atoms with E-state index in [9.17, 15) is 4.79 Å². The van der Waals surface area contributed by atoms with Gasteiger partial charge >= 0.3 is 0 Å². The second-order valence-electron chi connectivity index (χ2n) is 8.64. The quantitative estimate of drug-likeness (QED) is 0.618. The molecule has 2 aromatic carbocycles. The number of aromatic nitrogens is 2. The molecule has 0 unspecified atom stereocenters. The number of amides is 1. The third-order valence-electron chi connectivity index (χ3n) is 6.50. The number of aryl methyl sites for hydroxylation is 1. The minimum absolute atomic E-state index is 0.0126. The van der Waals surface area contributed by atoms with Crippen LogP contribution in [0.4, 0.5) is 0 Å². The van der Waals surface area contributed by atoms with E-state index in [2.05, 4.69) is 34.4 Å². The van der Waals surface area contributed by atoms with Crippen LogP contribution in [0.15, 0.2) is 42.5 Å². The minimum atomic E-state index is 0.0126. The number of imidazole rings is 1. The van der Waals surface area contributed by atoms with E-state index in [0.29, 0.717) is 17.4 Å². The van der Waals surface area contributed by atoms with Crippen molar-refractivity contribution in [1.29, 1.82) is 0 Å². The zero-order chi connectivity index (χ0) is 22.1. The van der Waals surface area contributed by atoms with Gasteiger partial charge in [-0.05, 0) is 57.9 Å². The van der Waals surface area contributed by atoms with Crippen molar-refractivity contribution in [3.8, 4) is 11.4 Å². The number of ether oxygens (including phenoxy) is 1. The molecule has 0 N–H and O–H groups in total. The number of benzene rings is 2. The first-order valence-corrected chi connectivity index (χ1v) is 11.0. The van der Waals surface area contributed by atoms with Crippen molar-refractivity contribution in [3.63, 3.8) is 0 Å². The lowest BCUT2D eigenvalue weighted by Crippen LogP contribution is -2.47. The number of hydrogen-bond donors (Lipinski definition) is 0. The summed E-state index contributed by atoms with van der Waals surface area (Å²) in [6.45, 7) is 8.51. The highest BCUT2D eigenvalue weighted by Crippen LogP contribution is 2.28. The molecule has 0 radical (unpaired) electrons. The predicted molar refractivity (Wildman–Crippen MR) is 124 cm³/mol. The van der Waals surface area contributed by atoms with E-state index in [0.717, 1.165) is 48.5 Å². The molecule has 0 aliphatic carbocycles. The second-order valence-corrected chi connectivity index (χ2v) is 8.64. The van der Waals surface area contributed by atoms with Crippen LogP contribution in [0, 0.1) is 6.92 Å². The van der Waals surface area contributed by atoms with Gasteiger partial charge in [0.1, 0.15) is 11.6 Å².